The molecule has 14 heavy (non-hydrogen) atoms. The Balaban J connectivity index is 2.05. The summed E-state index contributed by atoms with van der Waals surface area (Å²) in [6.07, 6.45) is 0.574. The van der Waals surface area contributed by atoms with Crippen molar-refractivity contribution in [3.8, 4) is 0 Å². The zero-order valence-electron chi connectivity index (χ0n) is 7.44. The molecule has 0 aromatic carbocycles. The molecule has 2 heterocycles. The van der Waals surface area contributed by atoms with Crippen molar-refractivity contribution in [2.24, 2.45) is 0 Å². The quantitative estimate of drug-likeness (QED) is 0.831. The van der Waals surface area contributed by atoms with Crippen molar-refractivity contribution >= 4 is 45.8 Å². The van der Waals surface area contributed by atoms with Crippen LogP contribution in [0.2, 0.25) is 0 Å². The summed E-state index contributed by atoms with van der Waals surface area (Å²) < 4.78 is 1.12. The monoisotopic (exact) mass is 291 g/mol. The fourth-order valence-electron chi connectivity index (χ4n) is 1.54. The van der Waals surface area contributed by atoms with Crippen molar-refractivity contribution in [3.63, 3.8) is 0 Å². The zero-order chi connectivity index (χ0) is 10.1. The third-order valence-electron chi connectivity index (χ3n) is 2.25. The second-order valence-corrected chi connectivity index (χ2v) is 6.32. The lowest BCUT2D eigenvalue weighted by molar-refractivity contribution is -0.128. The topological polar surface area (TPSA) is 20.3 Å². The lowest BCUT2D eigenvalue weighted by atomic mass is 10.3. The summed E-state index contributed by atoms with van der Waals surface area (Å²) in [4.78, 5) is 13.4. The molecule has 1 fully saturated rings. The third-order valence-corrected chi connectivity index (χ3v) is 4.41. The van der Waals surface area contributed by atoms with Crippen LogP contribution in [0.5, 0.6) is 0 Å². The maximum Gasteiger partial charge on any atom is 0.224 e. The maximum absolute atomic E-state index is 11.5. The van der Waals surface area contributed by atoms with Gasteiger partial charge in [0.15, 0.2) is 0 Å². The van der Waals surface area contributed by atoms with Crippen molar-refractivity contribution in [3.05, 3.63) is 20.8 Å². The molecule has 2 nitrogen and oxygen atoms in total. The van der Waals surface area contributed by atoms with E-state index in [1.165, 1.54) is 5.56 Å². The van der Waals surface area contributed by atoms with E-state index in [1.807, 2.05) is 16.3 Å². The van der Waals surface area contributed by atoms with Crippen molar-refractivity contribution in [1.82, 2.24) is 4.90 Å². The van der Waals surface area contributed by atoms with E-state index in [-0.39, 0.29) is 11.2 Å². The Morgan fingerprint density at radius 2 is 2.50 bits per heavy atom. The van der Waals surface area contributed by atoms with Crippen LogP contribution in [0.25, 0.3) is 0 Å². The first kappa shape index (κ1) is 10.5. The Labute approximate surface area is 101 Å². The zero-order valence-corrected chi connectivity index (χ0v) is 10.7. The van der Waals surface area contributed by atoms with Crippen LogP contribution in [0, 0.1) is 0 Å². The molecule has 0 bridgehead atoms. The van der Waals surface area contributed by atoms with Gasteiger partial charge < -0.3 is 4.90 Å². The lowest BCUT2D eigenvalue weighted by Gasteiger charge is -2.15. The molecule has 0 N–H and O–H groups in total. The summed E-state index contributed by atoms with van der Waals surface area (Å²) in [7, 11) is 0. The number of thiophene rings is 1. The van der Waals surface area contributed by atoms with E-state index in [0.717, 1.165) is 10.3 Å². The molecule has 1 unspecified atom stereocenters. The molecule has 1 aliphatic heterocycles. The molecule has 0 saturated carbocycles. The number of carbonyl (C=O) groups is 1. The third kappa shape index (κ3) is 2.15. The van der Waals surface area contributed by atoms with Gasteiger partial charge in [-0.1, -0.05) is 0 Å². The highest BCUT2D eigenvalue weighted by atomic mass is 79.9. The summed E-state index contributed by atoms with van der Waals surface area (Å²) in [5.74, 6) is 0.211. The highest BCUT2D eigenvalue weighted by Crippen LogP contribution is 2.26. The Kier molecular flexibility index (Phi) is 3.19. The van der Waals surface area contributed by atoms with Gasteiger partial charge in [0.1, 0.15) is 0 Å². The Morgan fingerprint density at radius 3 is 3.00 bits per heavy atom. The number of amides is 1. The molecule has 0 radical (unpaired) electrons. The molecule has 1 aliphatic rings. The predicted octanol–water partition coefficient (Wildman–Crippen LogP) is 2.54. The van der Waals surface area contributed by atoms with Gasteiger partial charge >= 0.3 is 0 Å². The minimum Gasteiger partial charge on any atom is -0.337 e. The Bertz CT molecular complexity index is 352. The number of halogens is 1. The minimum atomic E-state index is 0.208. The Morgan fingerprint density at radius 1 is 1.71 bits per heavy atom. The molecule has 5 heteroatoms. The number of likely N-dealkylation sites (tertiary alicyclic amines) is 1. The first-order valence-electron chi connectivity index (χ1n) is 4.34. The van der Waals surface area contributed by atoms with Gasteiger partial charge in [0, 0.05) is 24.8 Å². The molecule has 1 aromatic heterocycles. The smallest absolute Gasteiger partial charge is 0.224 e. The number of rotatable bonds is 2. The Hall–Kier alpha value is -0.000000000000000111. The average molecular weight is 292 g/mol. The number of carbonyl (C=O) groups excluding carboxylic acids is 1. The standard InChI is InChI=1S/C9H10BrNOS2/c10-9-6(1-2-14-9)4-11-5-7(13)3-8(11)12/h1-2,7,13H,3-5H2. The highest BCUT2D eigenvalue weighted by Gasteiger charge is 2.27. The van der Waals surface area contributed by atoms with Crippen molar-refractivity contribution in [1.29, 1.82) is 0 Å². The van der Waals surface area contributed by atoms with Gasteiger partial charge in [-0.3, -0.25) is 4.79 Å². The molecule has 1 amide bonds. The second-order valence-electron chi connectivity index (χ2n) is 3.35. The summed E-state index contributed by atoms with van der Waals surface area (Å²) in [5, 5.41) is 2.23. The molecule has 1 saturated heterocycles. The molecular weight excluding hydrogens is 282 g/mol. The van der Waals surface area contributed by atoms with Gasteiger partial charge in [-0.15, -0.1) is 11.3 Å². The summed E-state index contributed by atoms with van der Waals surface area (Å²) in [6.45, 7) is 1.48. The molecule has 1 aromatic rings. The van der Waals surface area contributed by atoms with Crippen molar-refractivity contribution in [2.45, 2.75) is 18.2 Å². The normalized spacial score (nSPS) is 22.0. The van der Waals surface area contributed by atoms with Gasteiger partial charge in [0.25, 0.3) is 0 Å². The SMILES string of the molecule is O=C1CC(S)CN1Cc1ccsc1Br. The van der Waals surface area contributed by atoms with Crippen molar-refractivity contribution in [2.75, 3.05) is 6.54 Å². The molecular formula is C9H10BrNOS2. The first-order chi connectivity index (χ1) is 6.66. The molecule has 76 valence electrons. The fourth-order valence-corrected chi connectivity index (χ4v) is 3.11. The molecule has 2 rings (SSSR count). The van der Waals surface area contributed by atoms with Crippen LogP contribution in [0.1, 0.15) is 12.0 Å². The van der Waals surface area contributed by atoms with E-state index < -0.39 is 0 Å². The van der Waals surface area contributed by atoms with Crippen LogP contribution >= 0.6 is 39.9 Å². The summed E-state index contributed by atoms with van der Waals surface area (Å²) >= 11 is 9.44. The van der Waals surface area contributed by atoms with E-state index in [1.54, 1.807) is 11.3 Å². The van der Waals surface area contributed by atoms with Crippen molar-refractivity contribution < 1.29 is 4.79 Å². The van der Waals surface area contributed by atoms with E-state index in [9.17, 15) is 4.79 Å². The number of hydrogen-bond acceptors (Lipinski definition) is 3. The van der Waals surface area contributed by atoms with Crippen LogP contribution in [0.4, 0.5) is 0 Å². The van der Waals surface area contributed by atoms with Crippen LogP contribution in [-0.2, 0) is 11.3 Å². The van der Waals surface area contributed by atoms with E-state index in [4.69, 9.17) is 0 Å². The maximum atomic E-state index is 11.5. The molecule has 0 spiro atoms. The van der Waals surface area contributed by atoms with Crippen LogP contribution < -0.4 is 0 Å². The molecule has 0 aliphatic carbocycles. The second kappa shape index (κ2) is 4.24. The van der Waals surface area contributed by atoms with E-state index >= 15 is 0 Å². The fraction of sp³-hybridized carbons (Fsp3) is 0.444. The van der Waals surface area contributed by atoms with Crippen LogP contribution in [-0.4, -0.2) is 22.6 Å². The average Bonchev–Trinajstić information content (AvgIpc) is 2.62. The predicted molar refractivity (Wildman–Crippen MR) is 64.8 cm³/mol. The van der Waals surface area contributed by atoms with E-state index in [0.29, 0.717) is 13.0 Å². The number of hydrogen-bond donors (Lipinski definition) is 1. The van der Waals surface area contributed by atoms with Gasteiger partial charge in [0.2, 0.25) is 5.91 Å². The summed E-state index contributed by atoms with van der Waals surface area (Å²) in [6, 6.07) is 2.05. The highest BCUT2D eigenvalue weighted by molar-refractivity contribution is 9.11. The minimum absolute atomic E-state index is 0.208. The van der Waals surface area contributed by atoms with Crippen LogP contribution in [0.3, 0.4) is 0 Å². The van der Waals surface area contributed by atoms with Gasteiger partial charge in [-0.05, 0) is 32.9 Å². The van der Waals surface area contributed by atoms with Gasteiger partial charge in [-0.25, -0.2) is 0 Å². The number of nitrogens with zero attached hydrogens (tertiary/aromatic N) is 1. The molecule has 1 atom stereocenters. The van der Waals surface area contributed by atoms with E-state index in [2.05, 4.69) is 28.6 Å². The van der Waals surface area contributed by atoms with Gasteiger partial charge in [-0.2, -0.15) is 12.6 Å². The summed E-state index contributed by atoms with van der Waals surface area (Å²) in [5.41, 5.74) is 1.19. The first-order valence-corrected chi connectivity index (χ1v) is 6.53. The lowest BCUT2D eigenvalue weighted by Crippen LogP contribution is -2.24. The largest absolute Gasteiger partial charge is 0.337 e. The van der Waals surface area contributed by atoms with Crippen LogP contribution in [0.15, 0.2) is 15.2 Å². The van der Waals surface area contributed by atoms with Gasteiger partial charge in [0.05, 0.1) is 3.79 Å². The number of thiol groups is 1.